The smallest absolute Gasteiger partial charge is 0.151 e. The van der Waals surface area contributed by atoms with Gasteiger partial charge in [0.1, 0.15) is 6.67 Å². The molecule has 1 aromatic carbocycles. The highest BCUT2D eigenvalue weighted by Crippen LogP contribution is 2.19. The fraction of sp³-hybridized carbons (Fsp3) is 0.300. The average Bonchev–Trinajstić information content (AvgIpc) is 2.21. The van der Waals surface area contributed by atoms with Crippen LogP contribution in [0.1, 0.15) is 11.1 Å². The van der Waals surface area contributed by atoms with E-state index in [0.717, 1.165) is 10.0 Å². The van der Waals surface area contributed by atoms with Gasteiger partial charge in [0.05, 0.1) is 5.88 Å². The van der Waals surface area contributed by atoms with Crippen LogP contribution in [0.15, 0.2) is 22.7 Å². The van der Waals surface area contributed by atoms with Crippen LogP contribution in [-0.2, 0) is 17.9 Å². The minimum absolute atomic E-state index is 0.00765. The van der Waals surface area contributed by atoms with Gasteiger partial charge in [0, 0.05) is 10.9 Å². The molecule has 1 nitrogen and oxygen atoms in total. The van der Waals surface area contributed by atoms with Crippen molar-refractivity contribution in [1.82, 2.24) is 0 Å². The topological polar surface area (TPSA) is 17.1 Å². The van der Waals surface area contributed by atoms with Crippen molar-refractivity contribution in [3.05, 3.63) is 33.8 Å². The molecular weight excluding hydrogens is 270 g/mol. The number of hydrogen-bond donors (Lipinski definition) is 0. The van der Waals surface area contributed by atoms with Gasteiger partial charge in [0.25, 0.3) is 0 Å². The van der Waals surface area contributed by atoms with E-state index in [1.54, 1.807) is 18.2 Å². The van der Waals surface area contributed by atoms with E-state index in [1.807, 2.05) is 0 Å². The van der Waals surface area contributed by atoms with Gasteiger partial charge in [-0.2, -0.15) is 0 Å². The fourth-order valence-electron chi connectivity index (χ4n) is 1.11. The molecule has 0 N–H and O–H groups in total. The lowest BCUT2D eigenvalue weighted by molar-refractivity contribution is -0.116. The number of benzene rings is 1. The van der Waals surface area contributed by atoms with Gasteiger partial charge < -0.3 is 0 Å². The summed E-state index contributed by atoms with van der Waals surface area (Å²) in [5.74, 6) is -0.0740. The number of ketones is 1. The minimum atomic E-state index is -0.519. The number of halogens is 3. The Kier molecular flexibility index (Phi) is 4.55. The Hall–Kier alpha value is -0.410. The van der Waals surface area contributed by atoms with Gasteiger partial charge in [-0.25, -0.2) is 4.39 Å². The molecule has 0 saturated heterocycles. The van der Waals surface area contributed by atoms with Gasteiger partial charge in [-0.15, -0.1) is 11.6 Å². The summed E-state index contributed by atoms with van der Waals surface area (Å²) in [5, 5.41) is 0. The van der Waals surface area contributed by atoms with Crippen molar-refractivity contribution in [2.75, 3.05) is 5.88 Å². The lowest BCUT2D eigenvalue weighted by Gasteiger charge is -2.04. The molecule has 0 aliphatic rings. The molecule has 0 spiro atoms. The van der Waals surface area contributed by atoms with Gasteiger partial charge >= 0.3 is 0 Å². The van der Waals surface area contributed by atoms with E-state index in [4.69, 9.17) is 11.6 Å². The first kappa shape index (κ1) is 11.7. The molecule has 14 heavy (non-hydrogen) atoms. The maximum Gasteiger partial charge on any atom is 0.151 e. The van der Waals surface area contributed by atoms with Gasteiger partial charge in [-0.3, -0.25) is 4.79 Å². The summed E-state index contributed by atoms with van der Waals surface area (Å²) in [6.45, 7) is -0.519. The van der Waals surface area contributed by atoms with Gasteiger partial charge in [0.2, 0.25) is 0 Å². The van der Waals surface area contributed by atoms with Crippen LogP contribution in [0.25, 0.3) is 0 Å². The van der Waals surface area contributed by atoms with Crippen molar-refractivity contribution in [1.29, 1.82) is 0 Å². The Labute approximate surface area is 95.4 Å². The molecule has 0 aliphatic carbocycles. The molecule has 0 fully saturated rings. The van der Waals surface area contributed by atoms with Gasteiger partial charge in [0.15, 0.2) is 5.78 Å². The van der Waals surface area contributed by atoms with E-state index in [0.29, 0.717) is 5.56 Å². The van der Waals surface area contributed by atoms with Crippen LogP contribution in [0.5, 0.6) is 0 Å². The highest BCUT2D eigenvalue weighted by Gasteiger charge is 2.06. The van der Waals surface area contributed by atoms with Crippen molar-refractivity contribution >= 4 is 33.3 Å². The number of carbonyl (C=O) groups excluding carboxylic acids is 1. The van der Waals surface area contributed by atoms with Crippen LogP contribution in [0, 0.1) is 0 Å². The van der Waals surface area contributed by atoms with E-state index in [9.17, 15) is 9.18 Å². The predicted octanol–water partition coefficient (Wildman–Crippen LogP) is 3.27. The molecule has 0 unspecified atom stereocenters. The van der Waals surface area contributed by atoms with Crippen molar-refractivity contribution in [2.24, 2.45) is 0 Å². The minimum Gasteiger partial charge on any atom is -0.298 e. The molecule has 0 radical (unpaired) electrons. The second-order valence-corrected chi connectivity index (χ2v) is 4.03. The SMILES string of the molecule is O=C(CCl)Cc1cc(CF)ccc1Br. The molecule has 0 bridgehead atoms. The molecule has 1 aromatic rings. The quantitative estimate of drug-likeness (QED) is 0.773. The summed E-state index contributed by atoms with van der Waals surface area (Å²) in [6.07, 6.45) is 0.248. The number of hydrogen-bond acceptors (Lipinski definition) is 1. The Balaban J connectivity index is 2.89. The third kappa shape index (κ3) is 3.07. The van der Waals surface area contributed by atoms with E-state index in [2.05, 4.69) is 15.9 Å². The zero-order valence-corrected chi connectivity index (χ0v) is 9.74. The Bertz CT molecular complexity index is 341. The van der Waals surface area contributed by atoms with E-state index >= 15 is 0 Å². The Morgan fingerprint density at radius 3 is 2.79 bits per heavy atom. The molecule has 76 valence electrons. The molecule has 1 rings (SSSR count). The van der Waals surface area contributed by atoms with Crippen LogP contribution in [0.4, 0.5) is 4.39 Å². The number of carbonyl (C=O) groups is 1. The van der Waals surface area contributed by atoms with Crippen molar-refractivity contribution < 1.29 is 9.18 Å². The first-order valence-corrected chi connectivity index (χ1v) is 5.41. The summed E-state index contributed by atoms with van der Waals surface area (Å²) in [4.78, 5) is 11.1. The molecule has 0 amide bonds. The summed E-state index contributed by atoms with van der Waals surface area (Å²) in [6, 6.07) is 5.10. The van der Waals surface area contributed by atoms with E-state index in [-0.39, 0.29) is 18.1 Å². The van der Waals surface area contributed by atoms with Crippen molar-refractivity contribution in [3.8, 4) is 0 Å². The second-order valence-electron chi connectivity index (χ2n) is 2.91. The van der Waals surface area contributed by atoms with Gasteiger partial charge in [-0.05, 0) is 17.2 Å². The van der Waals surface area contributed by atoms with E-state index in [1.165, 1.54) is 0 Å². The third-order valence-corrected chi connectivity index (χ3v) is 2.87. The largest absolute Gasteiger partial charge is 0.298 e. The third-order valence-electron chi connectivity index (χ3n) is 1.80. The van der Waals surface area contributed by atoms with Crippen LogP contribution >= 0.6 is 27.5 Å². The molecule has 0 atom stereocenters. The zero-order valence-electron chi connectivity index (χ0n) is 7.40. The standard InChI is InChI=1S/C10H9BrClFO/c11-10-2-1-7(6-13)3-8(10)4-9(14)5-12/h1-3H,4-6H2. The Morgan fingerprint density at radius 2 is 2.21 bits per heavy atom. The molecule has 0 aliphatic heterocycles. The number of Topliss-reactive ketones (excluding diaryl/α,β-unsaturated/α-hetero) is 1. The molecular formula is C10H9BrClFO. The molecule has 0 heterocycles. The average molecular weight is 280 g/mol. The normalized spacial score (nSPS) is 10.2. The highest BCUT2D eigenvalue weighted by molar-refractivity contribution is 9.10. The summed E-state index contributed by atoms with van der Waals surface area (Å²) in [7, 11) is 0. The van der Waals surface area contributed by atoms with Crippen LogP contribution in [-0.4, -0.2) is 11.7 Å². The van der Waals surface area contributed by atoms with Crippen LogP contribution < -0.4 is 0 Å². The van der Waals surface area contributed by atoms with Crippen LogP contribution in [0.3, 0.4) is 0 Å². The highest BCUT2D eigenvalue weighted by atomic mass is 79.9. The summed E-state index contributed by atoms with van der Waals surface area (Å²) < 4.78 is 13.1. The molecule has 0 aromatic heterocycles. The first-order chi connectivity index (χ1) is 6.67. The molecule has 0 saturated carbocycles. The summed E-state index contributed by atoms with van der Waals surface area (Å²) in [5.41, 5.74) is 1.36. The maximum absolute atomic E-state index is 12.3. The van der Waals surface area contributed by atoms with Gasteiger partial charge in [-0.1, -0.05) is 28.1 Å². The number of alkyl halides is 2. The zero-order chi connectivity index (χ0) is 10.6. The fourth-order valence-corrected chi connectivity index (χ4v) is 1.59. The molecule has 4 heteroatoms. The van der Waals surface area contributed by atoms with Crippen molar-refractivity contribution in [2.45, 2.75) is 13.1 Å². The monoisotopic (exact) mass is 278 g/mol. The summed E-state index contributed by atoms with van der Waals surface area (Å²) >= 11 is 8.69. The van der Waals surface area contributed by atoms with Crippen LogP contribution in [0.2, 0.25) is 0 Å². The van der Waals surface area contributed by atoms with E-state index < -0.39 is 6.67 Å². The lowest BCUT2D eigenvalue weighted by Crippen LogP contribution is -2.04. The lowest BCUT2D eigenvalue weighted by atomic mass is 10.1. The van der Waals surface area contributed by atoms with Crippen molar-refractivity contribution in [3.63, 3.8) is 0 Å². The maximum atomic E-state index is 12.3. The first-order valence-electron chi connectivity index (χ1n) is 4.08. The second kappa shape index (κ2) is 5.47. The number of rotatable bonds is 4. The predicted molar refractivity (Wildman–Crippen MR) is 58.4 cm³/mol. The Morgan fingerprint density at radius 1 is 1.50 bits per heavy atom.